The number of nitrogens with zero attached hydrogens (tertiary/aromatic N) is 2. The normalized spacial score (nSPS) is 13.0. The van der Waals surface area contributed by atoms with Crippen LogP contribution in [0.5, 0.6) is 23.1 Å². The van der Waals surface area contributed by atoms with Gasteiger partial charge in [-0.15, -0.1) is 0 Å². The summed E-state index contributed by atoms with van der Waals surface area (Å²) >= 11 is 0. The van der Waals surface area contributed by atoms with Crippen LogP contribution in [0, 0.1) is 0 Å². The first kappa shape index (κ1) is 26.0. The first-order chi connectivity index (χ1) is 17.7. The number of para-hydroxylation sites is 2. The minimum absolute atomic E-state index is 0.0194. The molecule has 4 aromatic rings. The number of halogens is 3. The summed E-state index contributed by atoms with van der Waals surface area (Å²) in [6, 6.07) is 21.4. The minimum Gasteiger partial charge on any atom is -0.493 e. The second-order valence-corrected chi connectivity index (χ2v) is 8.48. The molecule has 0 saturated carbocycles. The van der Waals surface area contributed by atoms with Crippen LogP contribution in [0.15, 0.2) is 85.2 Å². The van der Waals surface area contributed by atoms with E-state index in [1.54, 1.807) is 24.3 Å². The van der Waals surface area contributed by atoms with E-state index in [4.69, 9.17) is 19.9 Å². The highest BCUT2D eigenvalue weighted by Gasteiger charge is 2.43. The van der Waals surface area contributed by atoms with Gasteiger partial charge in [-0.25, -0.2) is 9.97 Å². The average molecular weight is 510 g/mol. The molecule has 1 heterocycles. The molecule has 0 spiro atoms. The number of benzene rings is 3. The summed E-state index contributed by atoms with van der Waals surface area (Å²) in [6.45, 7) is 1.92. The van der Waals surface area contributed by atoms with Gasteiger partial charge in [-0.1, -0.05) is 48.5 Å². The number of hydrogen-bond donors (Lipinski definition) is 1. The molecule has 3 aromatic carbocycles. The van der Waals surface area contributed by atoms with Crippen LogP contribution in [0.1, 0.15) is 24.2 Å². The molecule has 1 aromatic heterocycles. The molecule has 0 bridgehead atoms. The van der Waals surface area contributed by atoms with Gasteiger partial charge < -0.3 is 19.9 Å². The Bertz CT molecular complexity index is 1310. The summed E-state index contributed by atoms with van der Waals surface area (Å²) in [7, 11) is 1.51. The lowest BCUT2D eigenvalue weighted by atomic mass is 10.0. The number of methoxy groups -OCH3 is 1. The molecule has 0 amide bonds. The molecule has 4 rings (SSSR count). The summed E-state index contributed by atoms with van der Waals surface area (Å²) in [4.78, 5) is 8.09. The second-order valence-electron chi connectivity index (χ2n) is 8.48. The number of hydrogen-bond acceptors (Lipinski definition) is 6. The number of aromatic nitrogens is 2. The van der Waals surface area contributed by atoms with E-state index < -0.39 is 12.3 Å². The summed E-state index contributed by atoms with van der Waals surface area (Å²) < 4.78 is 58.3. The Kier molecular flexibility index (Phi) is 7.93. The molecular weight excluding hydrogens is 483 g/mol. The van der Waals surface area contributed by atoms with Gasteiger partial charge in [0.2, 0.25) is 12.0 Å². The zero-order valence-corrected chi connectivity index (χ0v) is 20.3. The molecule has 0 aliphatic rings. The number of rotatable bonds is 9. The van der Waals surface area contributed by atoms with Crippen molar-refractivity contribution in [3.8, 4) is 34.4 Å². The molecule has 2 atom stereocenters. The van der Waals surface area contributed by atoms with E-state index in [0.717, 1.165) is 11.1 Å². The third-order valence-electron chi connectivity index (χ3n) is 5.46. The molecule has 9 heteroatoms. The topological polar surface area (TPSA) is 79.5 Å². The van der Waals surface area contributed by atoms with Crippen LogP contribution in [-0.2, 0) is 6.42 Å². The Morgan fingerprint density at radius 2 is 1.57 bits per heavy atom. The van der Waals surface area contributed by atoms with Crippen molar-refractivity contribution >= 4 is 0 Å². The Morgan fingerprint density at radius 1 is 0.892 bits per heavy atom. The van der Waals surface area contributed by atoms with Gasteiger partial charge in [-0.2, -0.15) is 13.2 Å². The van der Waals surface area contributed by atoms with E-state index in [9.17, 15) is 13.2 Å². The first-order valence-electron chi connectivity index (χ1n) is 11.5. The van der Waals surface area contributed by atoms with Crippen molar-refractivity contribution in [2.24, 2.45) is 5.73 Å². The fraction of sp³-hybridized carbons (Fsp3) is 0.214. The Hall–Kier alpha value is -4.11. The second kappa shape index (κ2) is 11.3. The maximum absolute atomic E-state index is 14.0. The number of nitrogens with two attached hydrogens (primary N) is 1. The van der Waals surface area contributed by atoms with E-state index in [2.05, 4.69) is 9.97 Å². The highest BCUT2D eigenvalue weighted by Crippen LogP contribution is 2.38. The van der Waals surface area contributed by atoms with Crippen molar-refractivity contribution in [2.75, 3.05) is 7.11 Å². The highest BCUT2D eigenvalue weighted by molar-refractivity contribution is 5.60. The van der Waals surface area contributed by atoms with Gasteiger partial charge in [0.1, 0.15) is 12.1 Å². The molecule has 37 heavy (non-hydrogen) atoms. The lowest BCUT2D eigenvalue weighted by molar-refractivity contribution is -0.198. The minimum atomic E-state index is -4.68. The van der Waals surface area contributed by atoms with Gasteiger partial charge in [0.05, 0.1) is 12.8 Å². The Balaban J connectivity index is 1.53. The van der Waals surface area contributed by atoms with E-state index in [1.165, 1.54) is 43.8 Å². The van der Waals surface area contributed by atoms with Crippen molar-refractivity contribution in [2.45, 2.75) is 31.7 Å². The SMILES string of the molecule is COc1ccccc1Oc1ccc(C(Oc2cc(-c3ccc(C[C@H](C)N)cc3)ncn2)C(F)(F)F)cc1. The van der Waals surface area contributed by atoms with Crippen LogP contribution in [0.2, 0.25) is 0 Å². The van der Waals surface area contributed by atoms with Crippen molar-refractivity contribution < 1.29 is 27.4 Å². The van der Waals surface area contributed by atoms with Gasteiger partial charge in [-0.05, 0) is 43.2 Å². The summed E-state index contributed by atoms with van der Waals surface area (Å²) in [5.74, 6) is 1.11. The lowest BCUT2D eigenvalue weighted by Crippen LogP contribution is -2.26. The fourth-order valence-corrected chi connectivity index (χ4v) is 3.73. The molecule has 2 N–H and O–H groups in total. The van der Waals surface area contributed by atoms with E-state index in [-0.39, 0.29) is 17.5 Å². The Morgan fingerprint density at radius 3 is 2.19 bits per heavy atom. The lowest BCUT2D eigenvalue weighted by Gasteiger charge is -2.22. The average Bonchev–Trinajstić information content (AvgIpc) is 2.88. The van der Waals surface area contributed by atoms with Crippen LogP contribution in [0.3, 0.4) is 0 Å². The number of alkyl halides is 3. The zero-order chi connectivity index (χ0) is 26.4. The predicted octanol–water partition coefficient (Wildman–Crippen LogP) is 6.52. The summed E-state index contributed by atoms with van der Waals surface area (Å²) in [6.07, 6.45) is -5.02. The van der Waals surface area contributed by atoms with Crippen LogP contribution in [0.4, 0.5) is 13.2 Å². The van der Waals surface area contributed by atoms with E-state index in [0.29, 0.717) is 29.4 Å². The maximum Gasteiger partial charge on any atom is 0.429 e. The summed E-state index contributed by atoms with van der Waals surface area (Å²) in [5, 5.41) is 0. The van der Waals surface area contributed by atoms with Gasteiger partial charge in [0, 0.05) is 23.2 Å². The Labute approximate surface area is 212 Å². The fourth-order valence-electron chi connectivity index (χ4n) is 3.73. The quantitative estimate of drug-likeness (QED) is 0.277. The van der Waals surface area contributed by atoms with Gasteiger partial charge >= 0.3 is 6.18 Å². The molecule has 0 aliphatic heterocycles. The van der Waals surface area contributed by atoms with E-state index in [1.807, 2.05) is 31.2 Å². The molecule has 0 saturated heterocycles. The number of ether oxygens (including phenoxy) is 3. The summed E-state index contributed by atoms with van der Waals surface area (Å²) in [5.41, 5.74) is 7.96. The third-order valence-corrected chi connectivity index (χ3v) is 5.46. The van der Waals surface area contributed by atoms with E-state index >= 15 is 0 Å². The van der Waals surface area contributed by atoms with Crippen molar-refractivity contribution in [1.82, 2.24) is 9.97 Å². The maximum atomic E-state index is 14.0. The van der Waals surface area contributed by atoms with Crippen molar-refractivity contribution in [3.05, 3.63) is 96.3 Å². The standard InChI is InChI=1S/C28H26F3N3O3/c1-18(32)15-19-7-9-20(10-8-19)23-16-26(34-17-33-23)37-27(28(29,30)31)21-11-13-22(14-12-21)36-25-6-4-3-5-24(25)35-2/h3-14,16-18,27H,15,32H2,1-2H3/t18-,27?/m0/s1. The zero-order valence-electron chi connectivity index (χ0n) is 20.3. The van der Waals surface area contributed by atoms with Gasteiger partial charge in [0.15, 0.2) is 11.5 Å². The van der Waals surface area contributed by atoms with Crippen LogP contribution < -0.4 is 19.9 Å². The smallest absolute Gasteiger partial charge is 0.429 e. The van der Waals surface area contributed by atoms with Crippen molar-refractivity contribution in [3.63, 3.8) is 0 Å². The predicted molar refractivity (Wildman–Crippen MR) is 134 cm³/mol. The molecule has 0 radical (unpaired) electrons. The molecule has 0 aliphatic carbocycles. The third kappa shape index (κ3) is 6.77. The molecule has 1 unspecified atom stereocenters. The van der Waals surface area contributed by atoms with Gasteiger partial charge in [0.25, 0.3) is 0 Å². The van der Waals surface area contributed by atoms with Crippen LogP contribution in [0.25, 0.3) is 11.3 Å². The first-order valence-corrected chi connectivity index (χ1v) is 11.5. The van der Waals surface area contributed by atoms with Crippen LogP contribution >= 0.6 is 0 Å². The highest BCUT2D eigenvalue weighted by atomic mass is 19.4. The molecule has 6 nitrogen and oxygen atoms in total. The van der Waals surface area contributed by atoms with Gasteiger partial charge in [-0.3, -0.25) is 0 Å². The largest absolute Gasteiger partial charge is 0.493 e. The van der Waals surface area contributed by atoms with Crippen molar-refractivity contribution in [1.29, 1.82) is 0 Å². The molecule has 192 valence electrons. The van der Waals surface area contributed by atoms with Crippen LogP contribution in [-0.4, -0.2) is 29.3 Å². The monoisotopic (exact) mass is 509 g/mol. The molecular formula is C28H26F3N3O3. The molecule has 0 fully saturated rings.